The van der Waals surface area contributed by atoms with Crippen LogP contribution in [-0.2, 0) is 0 Å². The maximum atomic E-state index is 13.0. The predicted octanol–water partition coefficient (Wildman–Crippen LogP) is 1.93. The summed E-state index contributed by atoms with van der Waals surface area (Å²) in [5.74, 6) is -1.73. The molecule has 2 heterocycles. The van der Waals surface area contributed by atoms with Gasteiger partial charge in [-0.05, 0) is 22.0 Å². The second kappa shape index (κ2) is 3.06. The molecule has 0 fully saturated rings. The molecule has 72 valence electrons. The van der Waals surface area contributed by atoms with Gasteiger partial charge in [0, 0.05) is 10.7 Å². The average molecular weight is 259 g/mol. The number of hydrogen-bond acceptors (Lipinski definition) is 2. The van der Waals surface area contributed by atoms with Crippen LogP contribution in [0, 0.1) is 5.95 Å². The lowest BCUT2D eigenvalue weighted by atomic mass is 10.3. The zero-order chi connectivity index (χ0) is 10.3. The molecule has 0 amide bonds. The Balaban J connectivity index is 2.90. The molecular weight excluding hydrogens is 255 g/mol. The molecule has 4 nitrogen and oxygen atoms in total. The standard InChI is InChI=1S/C8H4BrFN2O2/c9-4-1-2-12-5(10)3-11-7(12)6(4)8(13)14/h1-3H,(H,13,14). The summed E-state index contributed by atoms with van der Waals surface area (Å²) in [6, 6.07) is 1.46. The monoisotopic (exact) mass is 258 g/mol. The van der Waals surface area contributed by atoms with E-state index in [1.54, 1.807) is 0 Å². The molecule has 6 heteroatoms. The van der Waals surface area contributed by atoms with Crippen LogP contribution in [0.15, 0.2) is 22.9 Å². The van der Waals surface area contributed by atoms with Crippen LogP contribution in [0.3, 0.4) is 0 Å². The number of aromatic carboxylic acids is 1. The predicted molar refractivity (Wildman–Crippen MR) is 49.8 cm³/mol. The van der Waals surface area contributed by atoms with Gasteiger partial charge in [-0.1, -0.05) is 0 Å². The van der Waals surface area contributed by atoms with Crippen molar-refractivity contribution < 1.29 is 14.3 Å². The summed E-state index contributed by atoms with van der Waals surface area (Å²) in [6.07, 6.45) is 2.39. The van der Waals surface area contributed by atoms with Gasteiger partial charge in [-0.15, -0.1) is 0 Å². The quantitative estimate of drug-likeness (QED) is 0.851. The molecule has 0 atom stereocenters. The third-order valence-electron chi connectivity index (χ3n) is 1.80. The highest BCUT2D eigenvalue weighted by molar-refractivity contribution is 9.10. The lowest BCUT2D eigenvalue weighted by Crippen LogP contribution is -2.02. The lowest BCUT2D eigenvalue weighted by molar-refractivity contribution is 0.0697. The van der Waals surface area contributed by atoms with Gasteiger partial charge in [0.05, 0.1) is 6.20 Å². The summed E-state index contributed by atoms with van der Waals surface area (Å²) in [4.78, 5) is 14.5. The molecule has 0 aliphatic carbocycles. The molecule has 2 aromatic heterocycles. The minimum absolute atomic E-state index is 0.0450. The fourth-order valence-corrected chi connectivity index (χ4v) is 1.66. The second-order valence-electron chi connectivity index (χ2n) is 2.62. The number of carboxylic acid groups (broad SMARTS) is 1. The largest absolute Gasteiger partial charge is 0.478 e. The molecule has 0 bridgehead atoms. The van der Waals surface area contributed by atoms with E-state index in [0.717, 1.165) is 10.6 Å². The molecule has 0 spiro atoms. The molecule has 0 aliphatic heterocycles. The van der Waals surface area contributed by atoms with Gasteiger partial charge in [0.2, 0.25) is 5.95 Å². The Kier molecular flexibility index (Phi) is 1.99. The minimum atomic E-state index is -1.15. The molecule has 1 N–H and O–H groups in total. The first-order chi connectivity index (χ1) is 6.61. The second-order valence-corrected chi connectivity index (χ2v) is 3.47. The Hall–Kier alpha value is -1.43. The van der Waals surface area contributed by atoms with Crippen molar-refractivity contribution in [3.05, 3.63) is 34.4 Å². The average Bonchev–Trinajstić information content (AvgIpc) is 2.47. The molecule has 0 saturated carbocycles. The summed E-state index contributed by atoms with van der Waals surface area (Å²) in [5, 5.41) is 8.87. The van der Waals surface area contributed by atoms with Gasteiger partial charge in [-0.25, -0.2) is 9.78 Å². The van der Waals surface area contributed by atoms with Crippen molar-refractivity contribution in [3.63, 3.8) is 0 Å². The van der Waals surface area contributed by atoms with Crippen LogP contribution in [0.5, 0.6) is 0 Å². The Morgan fingerprint density at radius 3 is 3.00 bits per heavy atom. The van der Waals surface area contributed by atoms with Gasteiger partial charge < -0.3 is 5.11 Å². The van der Waals surface area contributed by atoms with Gasteiger partial charge >= 0.3 is 5.97 Å². The third-order valence-corrected chi connectivity index (χ3v) is 2.46. The van der Waals surface area contributed by atoms with Crippen molar-refractivity contribution in [1.29, 1.82) is 0 Å². The number of carbonyl (C=O) groups is 1. The van der Waals surface area contributed by atoms with Crippen molar-refractivity contribution in [2.24, 2.45) is 0 Å². The number of pyridine rings is 1. The molecule has 2 aromatic rings. The van der Waals surface area contributed by atoms with Crippen LogP contribution < -0.4 is 0 Å². The van der Waals surface area contributed by atoms with E-state index < -0.39 is 11.9 Å². The molecule has 0 saturated heterocycles. The van der Waals surface area contributed by atoms with Crippen molar-refractivity contribution in [3.8, 4) is 0 Å². The van der Waals surface area contributed by atoms with Crippen LogP contribution in [0.1, 0.15) is 10.4 Å². The van der Waals surface area contributed by atoms with Gasteiger partial charge in [0.15, 0.2) is 5.65 Å². The number of halogens is 2. The Morgan fingerprint density at radius 2 is 2.36 bits per heavy atom. The van der Waals surface area contributed by atoms with Crippen LogP contribution in [0.2, 0.25) is 0 Å². The molecule has 14 heavy (non-hydrogen) atoms. The van der Waals surface area contributed by atoms with E-state index in [1.807, 2.05) is 0 Å². The first-order valence-corrected chi connectivity index (χ1v) is 4.45. The highest BCUT2D eigenvalue weighted by atomic mass is 79.9. The lowest BCUT2D eigenvalue weighted by Gasteiger charge is -2.01. The first-order valence-electron chi connectivity index (χ1n) is 3.65. The number of hydrogen-bond donors (Lipinski definition) is 1. The molecule has 0 aliphatic rings. The van der Waals surface area contributed by atoms with E-state index >= 15 is 0 Å². The van der Waals surface area contributed by atoms with E-state index in [-0.39, 0.29) is 11.2 Å². The topological polar surface area (TPSA) is 54.6 Å². The van der Waals surface area contributed by atoms with Gasteiger partial charge in [-0.3, -0.25) is 4.40 Å². The Labute approximate surface area is 86.1 Å². The highest BCUT2D eigenvalue weighted by Gasteiger charge is 2.16. The molecule has 0 unspecified atom stereocenters. The van der Waals surface area contributed by atoms with Crippen molar-refractivity contribution in [2.75, 3.05) is 0 Å². The smallest absolute Gasteiger partial charge is 0.340 e. The summed E-state index contributed by atoms with van der Waals surface area (Å²) in [6.45, 7) is 0. The van der Waals surface area contributed by atoms with Crippen LogP contribution in [0.25, 0.3) is 5.65 Å². The van der Waals surface area contributed by atoms with E-state index in [0.29, 0.717) is 4.47 Å². The highest BCUT2D eigenvalue weighted by Crippen LogP contribution is 2.21. The third kappa shape index (κ3) is 1.19. The number of aromatic nitrogens is 2. The normalized spacial score (nSPS) is 10.7. The molecule has 0 radical (unpaired) electrons. The van der Waals surface area contributed by atoms with E-state index in [4.69, 9.17) is 5.11 Å². The van der Waals surface area contributed by atoms with Crippen molar-refractivity contribution >= 4 is 27.5 Å². The van der Waals surface area contributed by atoms with Gasteiger partial charge in [-0.2, -0.15) is 4.39 Å². The van der Waals surface area contributed by atoms with Crippen LogP contribution in [0.4, 0.5) is 4.39 Å². The van der Waals surface area contributed by atoms with Gasteiger partial charge in [0.1, 0.15) is 5.56 Å². The summed E-state index contributed by atoms with van der Waals surface area (Å²) < 4.78 is 14.5. The number of fused-ring (bicyclic) bond motifs is 1. The number of rotatable bonds is 1. The van der Waals surface area contributed by atoms with E-state index in [1.165, 1.54) is 12.3 Å². The van der Waals surface area contributed by atoms with E-state index in [9.17, 15) is 9.18 Å². The number of carboxylic acids is 1. The summed E-state index contributed by atoms with van der Waals surface area (Å²) >= 11 is 3.07. The minimum Gasteiger partial charge on any atom is -0.478 e. The summed E-state index contributed by atoms with van der Waals surface area (Å²) in [5.41, 5.74) is 0.0424. The molecule has 0 aromatic carbocycles. The van der Waals surface area contributed by atoms with Gasteiger partial charge in [0.25, 0.3) is 0 Å². The zero-order valence-corrected chi connectivity index (χ0v) is 8.32. The maximum absolute atomic E-state index is 13.0. The SMILES string of the molecule is O=C(O)c1c(Br)ccn2c(F)cnc12. The zero-order valence-electron chi connectivity index (χ0n) is 6.74. The Morgan fingerprint density at radius 1 is 1.64 bits per heavy atom. The first kappa shape index (κ1) is 9.14. The molecule has 2 rings (SSSR count). The fourth-order valence-electron chi connectivity index (χ4n) is 1.19. The number of imidazole rings is 1. The van der Waals surface area contributed by atoms with Crippen LogP contribution in [-0.4, -0.2) is 20.5 Å². The number of nitrogens with zero attached hydrogens (tertiary/aromatic N) is 2. The maximum Gasteiger partial charge on any atom is 0.340 e. The summed E-state index contributed by atoms with van der Waals surface area (Å²) in [7, 11) is 0. The fraction of sp³-hybridized carbons (Fsp3) is 0. The van der Waals surface area contributed by atoms with E-state index in [2.05, 4.69) is 20.9 Å². The Bertz CT molecular complexity index is 523. The van der Waals surface area contributed by atoms with Crippen LogP contribution >= 0.6 is 15.9 Å². The van der Waals surface area contributed by atoms with Crippen molar-refractivity contribution in [1.82, 2.24) is 9.38 Å². The van der Waals surface area contributed by atoms with Crippen molar-refractivity contribution in [2.45, 2.75) is 0 Å². The molecular formula is C8H4BrFN2O2.